The van der Waals surface area contributed by atoms with Crippen LogP contribution < -0.4 is 4.74 Å². The number of Topliss-reactive ketones (excluding diaryl/α,β-unsaturated/α-hetero) is 1. The van der Waals surface area contributed by atoms with E-state index in [9.17, 15) is 9.59 Å². The summed E-state index contributed by atoms with van der Waals surface area (Å²) in [4.78, 5) is 29.6. The molecule has 1 amide bonds. The molecular weight excluding hydrogens is 344 g/mol. The van der Waals surface area contributed by atoms with Gasteiger partial charge in [-0.15, -0.1) is 0 Å². The minimum Gasteiger partial charge on any atom is -0.487 e. The molecule has 1 aromatic carbocycles. The van der Waals surface area contributed by atoms with Crippen LogP contribution in [0.1, 0.15) is 39.0 Å². The van der Waals surface area contributed by atoms with E-state index in [0.29, 0.717) is 29.2 Å². The van der Waals surface area contributed by atoms with Gasteiger partial charge in [0.25, 0.3) is 5.91 Å². The van der Waals surface area contributed by atoms with Crippen LogP contribution in [0, 0.1) is 0 Å². The molecule has 0 saturated heterocycles. The quantitative estimate of drug-likeness (QED) is 0.651. The first-order valence-corrected chi connectivity index (χ1v) is 8.45. The van der Waals surface area contributed by atoms with E-state index in [0.717, 1.165) is 5.56 Å². The van der Waals surface area contributed by atoms with Crippen LogP contribution in [0.4, 0.5) is 0 Å². The van der Waals surface area contributed by atoms with Crippen LogP contribution in [0.15, 0.2) is 54.9 Å². The van der Waals surface area contributed by atoms with E-state index in [1.54, 1.807) is 54.7 Å². The molecule has 27 heavy (non-hydrogen) atoms. The minimum atomic E-state index is -0.195. The van der Waals surface area contributed by atoms with Gasteiger partial charge >= 0.3 is 0 Å². The van der Waals surface area contributed by atoms with Crippen LogP contribution in [0.5, 0.6) is 5.75 Å². The van der Waals surface area contributed by atoms with Crippen LogP contribution in [-0.4, -0.2) is 38.8 Å². The highest BCUT2D eigenvalue weighted by molar-refractivity contribution is 5.94. The highest BCUT2D eigenvalue weighted by atomic mass is 16.5. The highest BCUT2D eigenvalue weighted by Gasteiger charge is 2.16. The number of ketones is 1. The molecule has 0 saturated carbocycles. The topological polar surface area (TPSA) is 88.2 Å². The molecular formula is C20H20N4O3. The van der Waals surface area contributed by atoms with Crippen molar-refractivity contribution in [1.29, 1.82) is 0 Å². The molecule has 0 fully saturated rings. The minimum absolute atomic E-state index is 0.0217. The molecule has 2 aromatic heterocycles. The summed E-state index contributed by atoms with van der Waals surface area (Å²) in [6, 6.07) is 12.4. The third kappa shape index (κ3) is 4.78. The van der Waals surface area contributed by atoms with E-state index in [2.05, 4.69) is 15.2 Å². The van der Waals surface area contributed by atoms with Gasteiger partial charge in [-0.3, -0.25) is 19.7 Å². The number of rotatable bonds is 7. The number of nitrogens with one attached hydrogen (secondary N) is 1. The zero-order valence-electron chi connectivity index (χ0n) is 15.2. The number of nitrogens with zero attached hydrogens (tertiary/aromatic N) is 3. The maximum atomic E-state index is 12.5. The standard InChI is InChI=1S/C20H20N4O3/c1-14(25)16-6-3-7-18(9-16)27-13-17-10-19(23-22-17)20(26)24(2)12-15-5-4-8-21-11-15/h3-11H,12-13H2,1-2H3,(H,22,23). The van der Waals surface area contributed by atoms with Crippen molar-refractivity contribution >= 4 is 11.7 Å². The number of ether oxygens (including phenoxy) is 1. The summed E-state index contributed by atoms with van der Waals surface area (Å²) < 4.78 is 5.68. The van der Waals surface area contributed by atoms with Gasteiger partial charge in [0.2, 0.25) is 0 Å². The SMILES string of the molecule is CC(=O)c1cccc(OCc2cc(C(=O)N(C)Cc3cccnc3)n[nH]2)c1. The lowest BCUT2D eigenvalue weighted by molar-refractivity contribution is 0.0779. The zero-order valence-corrected chi connectivity index (χ0v) is 15.2. The van der Waals surface area contributed by atoms with Gasteiger partial charge < -0.3 is 9.64 Å². The summed E-state index contributed by atoms with van der Waals surface area (Å²) in [5.74, 6) is 0.366. The Bertz CT molecular complexity index is 937. The normalized spacial score (nSPS) is 10.4. The molecule has 7 nitrogen and oxygen atoms in total. The number of hydrogen-bond donors (Lipinski definition) is 1. The van der Waals surface area contributed by atoms with Crippen molar-refractivity contribution in [3.05, 3.63) is 77.4 Å². The van der Waals surface area contributed by atoms with Gasteiger partial charge in [-0.25, -0.2) is 0 Å². The van der Waals surface area contributed by atoms with Gasteiger partial charge in [0.1, 0.15) is 12.4 Å². The van der Waals surface area contributed by atoms with Gasteiger partial charge in [-0.1, -0.05) is 18.2 Å². The molecule has 0 radical (unpaired) electrons. The summed E-state index contributed by atoms with van der Waals surface area (Å²) >= 11 is 0. The van der Waals surface area contributed by atoms with Gasteiger partial charge in [0.05, 0.1) is 5.69 Å². The Morgan fingerprint density at radius 1 is 1.19 bits per heavy atom. The average molecular weight is 364 g/mol. The lowest BCUT2D eigenvalue weighted by atomic mass is 10.1. The Labute approximate surface area is 157 Å². The predicted molar refractivity (Wildman–Crippen MR) is 99.4 cm³/mol. The van der Waals surface area contributed by atoms with Crippen LogP contribution >= 0.6 is 0 Å². The third-order valence-electron chi connectivity index (χ3n) is 3.97. The fraction of sp³-hybridized carbons (Fsp3) is 0.200. The van der Waals surface area contributed by atoms with Crippen molar-refractivity contribution in [2.45, 2.75) is 20.1 Å². The Morgan fingerprint density at radius 3 is 2.78 bits per heavy atom. The Hall–Kier alpha value is -3.48. The maximum Gasteiger partial charge on any atom is 0.274 e. The van der Waals surface area contributed by atoms with Crippen molar-refractivity contribution in [1.82, 2.24) is 20.1 Å². The van der Waals surface area contributed by atoms with Gasteiger partial charge in [-0.2, -0.15) is 5.10 Å². The van der Waals surface area contributed by atoms with Crippen LogP contribution in [0.3, 0.4) is 0 Å². The molecule has 7 heteroatoms. The fourth-order valence-corrected chi connectivity index (χ4v) is 2.54. The van der Waals surface area contributed by atoms with E-state index in [1.807, 2.05) is 12.1 Å². The predicted octanol–water partition coefficient (Wildman–Crippen LogP) is 2.86. The molecule has 1 N–H and O–H groups in total. The van der Waals surface area contributed by atoms with Crippen molar-refractivity contribution in [2.24, 2.45) is 0 Å². The number of benzene rings is 1. The first-order valence-electron chi connectivity index (χ1n) is 8.45. The highest BCUT2D eigenvalue weighted by Crippen LogP contribution is 2.16. The van der Waals surface area contributed by atoms with Gasteiger partial charge in [0.15, 0.2) is 11.5 Å². The monoisotopic (exact) mass is 364 g/mol. The molecule has 0 atom stereocenters. The summed E-state index contributed by atoms with van der Waals surface area (Å²) in [6.45, 7) is 2.17. The van der Waals surface area contributed by atoms with E-state index >= 15 is 0 Å². The number of amides is 1. The summed E-state index contributed by atoms with van der Waals surface area (Å²) in [5, 5.41) is 6.88. The van der Waals surface area contributed by atoms with Crippen LogP contribution in [-0.2, 0) is 13.2 Å². The Balaban J connectivity index is 1.60. The van der Waals surface area contributed by atoms with Crippen LogP contribution in [0.25, 0.3) is 0 Å². The molecule has 0 aliphatic rings. The smallest absolute Gasteiger partial charge is 0.274 e. The number of aromatic amines is 1. The molecule has 0 aliphatic carbocycles. The van der Waals surface area contributed by atoms with Crippen molar-refractivity contribution in [2.75, 3.05) is 7.05 Å². The first kappa shape index (κ1) is 18.3. The van der Waals surface area contributed by atoms with Gasteiger partial charge in [0, 0.05) is 31.5 Å². The average Bonchev–Trinajstić information content (AvgIpc) is 3.15. The number of H-pyrrole nitrogens is 1. The first-order chi connectivity index (χ1) is 13.0. The van der Waals surface area contributed by atoms with E-state index in [4.69, 9.17) is 4.74 Å². The molecule has 0 unspecified atom stereocenters. The second-order valence-electron chi connectivity index (χ2n) is 6.17. The molecule has 3 rings (SSSR count). The molecule has 0 aliphatic heterocycles. The number of pyridine rings is 1. The molecule has 0 bridgehead atoms. The van der Waals surface area contributed by atoms with E-state index in [-0.39, 0.29) is 18.3 Å². The van der Waals surface area contributed by atoms with Gasteiger partial charge in [-0.05, 0) is 36.8 Å². The fourth-order valence-electron chi connectivity index (χ4n) is 2.54. The Morgan fingerprint density at radius 2 is 2.04 bits per heavy atom. The zero-order chi connectivity index (χ0) is 19.2. The van der Waals surface area contributed by atoms with Crippen LogP contribution in [0.2, 0.25) is 0 Å². The number of aromatic nitrogens is 3. The number of carbonyl (C=O) groups is 2. The van der Waals surface area contributed by atoms with Crippen molar-refractivity contribution in [3.8, 4) is 5.75 Å². The van der Waals surface area contributed by atoms with Crippen molar-refractivity contribution in [3.63, 3.8) is 0 Å². The summed E-state index contributed by atoms with van der Waals surface area (Å²) in [6.07, 6.45) is 3.42. The molecule has 2 heterocycles. The lowest BCUT2D eigenvalue weighted by Crippen LogP contribution is -2.26. The summed E-state index contributed by atoms with van der Waals surface area (Å²) in [7, 11) is 1.72. The van der Waals surface area contributed by atoms with Crippen molar-refractivity contribution < 1.29 is 14.3 Å². The lowest BCUT2D eigenvalue weighted by Gasteiger charge is -2.15. The molecule has 3 aromatic rings. The maximum absolute atomic E-state index is 12.5. The number of hydrogen-bond acceptors (Lipinski definition) is 5. The molecule has 0 spiro atoms. The second kappa shape index (κ2) is 8.27. The van der Waals surface area contributed by atoms with E-state index < -0.39 is 0 Å². The summed E-state index contributed by atoms with van der Waals surface area (Å²) in [5.41, 5.74) is 2.52. The largest absolute Gasteiger partial charge is 0.487 e. The third-order valence-corrected chi connectivity index (χ3v) is 3.97. The molecule has 138 valence electrons. The Kier molecular flexibility index (Phi) is 5.61. The van der Waals surface area contributed by atoms with E-state index in [1.165, 1.54) is 6.92 Å². The number of carbonyl (C=O) groups excluding carboxylic acids is 2. The second-order valence-corrected chi connectivity index (χ2v) is 6.17.